The fourth-order valence-corrected chi connectivity index (χ4v) is 5.00. The van der Waals surface area contributed by atoms with Crippen molar-refractivity contribution in [3.8, 4) is 0 Å². The Labute approximate surface area is 168 Å². The highest BCUT2D eigenvalue weighted by molar-refractivity contribution is 7.89. The molecule has 0 bridgehead atoms. The topological polar surface area (TPSA) is 79.6 Å². The minimum Gasteiger partial charge on any atom is -0.451 e. The van der Waals surface area contributed by atoms with Crippen LogP contribution in [-0.2, 0) is 10.0 Å². The van der Waals surface area contributed by atoms with E-state index in [0.29, 0.717) is 18.7 Å². The summed E-state index contributed by atoms with van der Waals surface area (Å²) < 4.78 is 32.8. The van der Waals surface area contributed by atoms with Gasteiger partial charge in [0.1, 0.15) is 5.58 Å². The third-order valence-corrected chi connectivity index (χ3v) is 7.01. The molecule has 0 spiro atoms. The van der Waals surface area contributed by atoms with Gasteiger partial charge in [0.05, 0.1) is 15.6 Å². The summed E-state index contributed by atoms with van der Waals surface area (Å²) in [6, 6.07) is 13.2. The molecule has 1 amide bonds. The molecule has 0 aliphatic carbocycles. The number of hydrogen-bond acceptors (Lipinski definition) is 4. The molecular weight excluding hydrogens is 400 g/mol. The minimum atomic E-state index is -3.62. The molecule has 1 fully saturated rings. The normalized spacial score (nSPS) is 15.6. The third-order valence-electron chi connectivity index (χ3n) is 4.79. The summed E-state index contributed by atoms with van der Waals surface area (Å²) in [4.78, 5) is 12.7. The molecular formula is C20H19ClN2O4S. The molecule has 6 nitrogen and oxygen atoms in total. The number of piperidine rings is 1. The maximum atomic E-state index is 12.9. The molecule has 2 heterocycles. The number of carbonyl (C=O) groups is 1. The van der Waals surface area contributed by atoms with Gasteiger partial charge in [-0.1, -0.05) is 36.2 Å². The predicted molar refractivity (Wildman–Crippen MR) is 108 cm³/mol. The lowest BCUT2D eigenvalue weighted by molar-refractivity contribution is 0.0998. The van der Waals surface area contributed by atoms with E-state index in [4.69, 9.17) is 16.0 Å². The fourth-order valence-electron chi connectivity index (χ4n) is 3.29. The van der Waals surface area contributed by atoms with Crippen molar-refractivity contribution in [2.45, 2.75) is 24.2 Å². The van der Waals surface area contributed by atoms with Gasteiger partial charge in [-0.05, 0) is 43.2 Å². The number of nitrogens with zero attached hydrogens (tertiary/aromatic N) is 1. The van der Waals surface area contributed by atoms with Gasteiger partial charge in [-0.2, -0.15) is 4.31 Å². The Bertz CT molecular complexity index is 1100. The van der Waals surface area contributed by atoms with Crippen LogP contribution in [-0.4, -0.2) is 31.7 Å². The molecule has 146 valence electrons. The van der Waals surface area contributed by atoms with Gasteiger partial charge in [-0.15, -0.1) is 0 Å². The number of para-hydroxylation sites is 1. The lowest BCUT2D eigenvalue weighted by Crippen LogP contribution is -2.35. The van der Waals surface area contributed by atoms with E-state index in [1.165, 1.54) is 22.5 Å². The smallest absolute Gasteiger partial charge is 0.291 e. The van der Waals surface area contributed by atoms with E-state index >= 15 is 0 Å². The number of fused-ring (bicyclic) bond motifs is 1. The van der Waals surface area contributed by atoms with Gasteiger partial charge in [0, 0.05) is 18.5 Å². The van der Waals surface area contributed by atoms with Crippen molar-refractivity contribution >= 4 is 44.2 Å². The summed E-state index contributed by atoms with van der Waals surface area (Å²) in [5.41, 5.74) is 0.824. The number of anilines is 1. The monoisotopic (exact) mass is 418 g/mol. The summed E-state index contributed by atoms with van der Waals surface area (Å²) in [6.07, 6.45) is 2.73. The molecule has 8 heteroatoms. The zero-order chi connectivity index (χ0) is 19.7. The van der Waals surface area contributed by atoms with Crippen molar-refractivity contribution in [2.24, 2.45) is 0 Å². The van der Waals surface area contributed by atoms with E-state index in [1.807, 2.05) is 18.2 Å². The van der Waals surface area contributed by atoms with Crippen LogP contribution in [0.15, 0.2) is 57.8 Å². The third kappa shape index (κ3) is 3.65. The minimum absolute atomic E-state index is 0.110. The zero-order valence-electron chi connectivity index (χ0n) is 15.0. The first kappa shape index (κ1) is 19.0. The van der Waals surface area contributed by atoms with Crippen molar-refractivity contribution in [3.63, 3.8) is 0 Å². The van der Waals surface area contributed by atoms with E-state index in [1.54, 1.807) is 12.1 Å². The molecule has 2 aromatic carbocycles. The van der Waals surface area contributed by atoms with E-state index in [9.17, 15) is 13.2 Å². The Morgan fingerprint density at radius 1 is 1.04 bits per heavy atom. The van der Waals surface area contributed by atoms with Gasteiger partial charge in [0.2, 0.25) is 10.0 Å². The molecule has 1 aliphatic rings. The average Bonchev–Trinajstić information content (AvgIpc) is 3.14. The summed E-state index contributed by atoms with van der Waals surface area (Å²) in [5, 5.41) is 3.71. The van der Waals surface area contributed by atoms with Gasteiger partial charge in [0.25, 0.3) is 5.91 Å². The van der Waals surface area contributed by atoms with Crippen LogP contribution in [0.3, 0.4) is 0 Å². The number of hydrogen-bond donors (Lipinski definition) is 1. The van der Waals surface area contributed by atoms with Crippen LogP contribution in [0.4, 0.5) is 5.69 Å². The van der Waals surface area contributed by atoms with E-state index < -0.39 is 15.9 Å². The van der Waals surface area contributed by atoms with Gasteiger partial charge >= 0.3 is 0 Å². The molecule has 28 heavy (non-hydrogen) atoms. The zero-order valence-corrected chi connectivity index (χ0v) is 16.6. The van der Waals surface area contributed by atoms with Crippen molar-refractivity contribution in [1.82, 2.24) is 4.31 Å². The molecule has 3 aromatic rings. The van der Waals surface area contributed by atoms with Gasteiger partial charge in [-0.3, -0.25) is 4.79 Å². The molecule has 0 radical (unpaired) electrons. The fraction of sp³-hybridized carbons (Fsp3) is 0.250. The second kappa shape index (κ2) is 7.58. The van der Waals surface area contributed by atoms with Crippen LogP contribution < -0.4 is 5.32 Å². The largest absolute Gasteiger partial charge is 0.451 e. The lowest BCUT2D eigenvalue weighted by atomic mass is 10.2. The van der Waals surface area contributed by atoms with Crippen molar-refractivity contribution in [2.75, 3.05) is 18.4 Å². The lowest BCUT2D eigenvalue weighted by Gasteiger charge is -2.26. The maximum absolute atomic E-state index is 12.9. The Morgan fingerprint density at radius 3 is 2.54 bits per heavy atom. The number of furan rings is 1. The van der Waals surface area contributed by atoms with Crippen molar-refractivity contribution in [1.29, 1.82) is 0 Å². The highest BCUT2D eigenvalue weighted by atomic mass is 35.5. The Morgan fingerprint density at radius 2 is 1.79 bits per heavy atom. The first-order valence-electron chi connectivity index (χ1n) is 9.05. The van der Waals surface area contributed by atoms with Crippen LogP contribution in [0.5, 0.6) is 0 Å². The number of benzene rings is 2. The first-order valence-corrected chi connectivity index (χ1v) is 10.9. The molecule has 4 rings (SSSR count). The number of carbonyl (C=O) groups excluding carboxylic acids is 1. The number of nitrogens with one attached hydrogen (secondary N) is 1. The number of amides is 1. The molecule has 1 saturated heterocycles. The van der Waals surface area contributed by atoms with Crippen LogP contribution >= 0.6 is 11.6 Å². The van der Waals surface area contributed by atoms with Crippen LogP contribution in [0.2, 0.25) is 5.02 Å². The summed E-state index contributed by atoms with van der Waals surface area (Å²) in [6.45, 7) is 1.01. The summed E-state index contributed by atoms with van der Waals surface area (Å²) in [5.74, 6) is -0.368. The van der Waals surface area contributed by atoms with Gasteiger partial charge < -0.3 is 9.73 Å². The maximum Gasteiger partial charge on any atom is 0.291 e. The molecule has 0 unspecified atom stereocenters. The van der Waals surface area contributed by atoms with E-state index in [-0.39, 0.29) is 21.4 Å². The summed E-state index contributed by atoms with van der Waals surface area (Å²) >= 11 is 6.19. The predicted octanol–water partition coefficient (Wildman–Crippen LogP) is 4.51. The first-order chi connectivity index (χ1) is 13.4. The summed E-state index contributed by atoms with van der Waals surface area (Å²) in [7, 11) is -3.62. The Hall–Kier alpha value is -2.35. The molecule has 1 aliphatic heterocycles. The van der Waals surface area contributed by atoms with Crippen LogP contribution in [0.25, 0.3) is 11.0 Å². The standard InChI is InChI=1S/C20H19ClN2O4S/c21-16-9-8-15(28(25,26)23-10-4-1-5-11-23)13-17(16)22-20(24)19-12-14-6-2-3-7-18(14)27-19/h2-3,6-9,12-13H,1,4-5,10-11H2,(H,22,24). The molecule has 0 atom stereocenters. The van der Waals surface area contributed by atoms with Crippen LogP contribution in [0, 0.1) is 0 Å². The molecule has 0 saturated carbocycles. The second-order valence-electron chi connectivity index (χ2n) is 6.71. The molecule has 1 aromatic heterocycles. The van der Waals surface area contributed by atoms with E-state index in [2.05, 4.69) is 5.32 Å². The average molecular weight is 419 g/mol. The quantitative estimate of drug-likeness (QED) is 0.675. The van der Waals surface area contributed by atoms with Crippen molar-refractivity contribution < 1.29 is 17.6 Å². The van der Waals surface area contributed by atoms with Crippen molar-refractivity contribution in [3.05, 3.63) is 59.3 Å². The van der Waals surface area contributed by atoms with Gasteiger partial charge in [0.15, 0.2) is 5.76 Å². The number of rotatable bonds is 4. The highest BCUT2D eigenvalue weighted by Gasteiger charge is 2.27. The van der Waals surface area contributed by atoms with E-state index in [0.717, 1.165) is 24.6 Å². The Balaban J connectivity index is 1.61. The highest BCUT2D eigenvalue weighted by Crippen LogP contribution is 2.29. The number of sulfonamides is 1. The molecule has 1 N–H and O–H groups in total. The Kier molecular flexibility index (Phi) is 5.14. The van der Waals surface area contributed by atoms with Crippen LogP contribution in [0.1, 0.15) is 29.8 Å². The second-order valence-corrected chi connectivity index (χ2v) is 9.05. The van der Waals surface area contributed by atoms with Gasteiger partial charge in [-0.25, -0.2) is 8.42 Å². The SMILES string of the molecule is O=C(Nc1cc(S(=O)(=O)N2CCCCC2)ccc1Cl)c1cc2ccccc2o1. The number of halogens is 1.